The minimum atomic E-state index is -0.837. The number of benzene rings is 4. The fraction of sp³-hybridized carbons (Fsp3) is 0.121. The maximum absolute atomic E-state index is 13.5. The summed E-state index contributed by atoms with van der Waals surface area (Å²) >= 11 is 3.41. The molecule has 212 valence electrons. The third-order valence-corrected chi connectivity index (χ3v) is 7.04. The number of carbonyl (C=O) groups is 3. The van der Waals surface area contributed by atoms with Crippen LogP contribution >= 0.6 is 15.9 Å². The van der Waals surface area contributed by atoms with Gasteiger partial charge in [-0.25, -0.2) is 9.69 Å². The van der Waals surface area contributed by atoms with E-state index < -0.39 is 17.8 Å². The number of imide groups is 2. The molecule has 1 heterocycles. The average molecular weight is 627 g/mol. The molecule has 8 nitrogen and oxygen atoms in total. The molecule has 1 aliphatic heterocycles. The summed E-state index contributed by atoms with van der Waals surface area (Å²) in [6, 6.07) is 26.4. The van der Waals surface area contributed by atoms with Gasteiger partial charge in [0, 0.05) is 16.1 Å². The van der Waals surface area contributed by atoms with E-state index in [1.54, 1.807) is 42.5 Å². The molecular weight excluding hydrogens is 600 g/mol. The first-order chi connectivity index (χ1) is 20.3. The Morgan fingerprint density at radius 1 is 0.810 bits per heavy atom. The van der Waals surface area contributed by atoms with E-state index in [-0.39, 0.29) is 17.9 Å². The van der Waals surface area contributed by atoms with Crippen LogP contribution in [0.5, 0.6) is 17.2 Å². The summed E-state index contributed by atoms with van der Waals surface area (Å²) in [7, 11) is 1.54. The van der Waals surface area contributed by atoms with E-state index in [0.717, 1.165) is 26.1 Å². The second-order valence-corrected chi connectivity index (χ2v) is 10.5. The number of barbiturate groups is 1. The van der Waals surface area contributed by atoms with Gasteiger partial charge in [0.2, 0.25) is 0 Å². The molecule has 1 saturated heterocycles. The maximum atomic E-state index is 13.5. The van der Waals surface area contributed by atoms with Crippen molar-refractivity contribution in [1.29, 1.82) is 0 Å². The number of ether oxygens (including phenoxy) is 3. The Morgan fingerprint density at radius 2 is 1.52 bits per heavy atom. The largest absolute Gasteiger partial charge is 0.497 e. The quantitative estimate of drug-likeness (QED) is 0.166. The lowest BCUT2D eigenvalue weighted by Gasteiger charge is -2.26. The van der Waals surface area contributed by atoms with Crippen LogP contribution in [-0.4, -0.2) is 25.0 Å². The lowest BCUT2D eigenvalue weighted by atomic mass is 10.1. The molecular formula is C33H27BrN2O6. The summed E-state index contributed by atoms with van der Waals surface area (Å²) in [4.78, 5) is 40.0. The van der Waals surface area contributed by atoms with E-state index in [1.165, 1.54) is 13.2 Å². The number of urea groups is 1. The highest BCUT2D eigenvalue weighted by Gasteiger charge is 2.37. The first-order valence-electron chi connectivity index (χ1n) is 13.1. The van der Waals surface area contributed by atoms with Crippen LogP contribution in [0.15, 0.2) is 101 Å². The topological polar surface area (TPSA) is 94.2 Å². The van der Waals surface area contributed by atoms with E-state index in [9.17, 15) is 14.4 Å². The van der Waals surface area contributed by atoms with Gasteiger partial charge in [0.1, 0.15) is 36.0 Å². The Kier molecular flexibility index (Phi) is 8.68. The Morgan fingerprint density at radius 3 is 2.24 bits per heavy atom. The molecule has 4 amide bonds. The van der Waals surface area contributed by atoms with Gasteiger partial charge in [0.25, 0.3) is 11.8 Å². The smallest absolute Gasteiger partial charge is 0.335 e. The molecule has 0 atom stereocenters. The van der Waals surface area contributed by atoms with Gasteiger partial charge in [-0.2, -0.15) is 0 Å². The number of nitrogens with one attached hydrogen (secondary N) is 1. The molecule has 4 aromatic carbocycles. The first-order valence-corrected chi connectivity index (χ1v) is 13.8. The van der Waals surface area contributed by atoms with E-state index in [4.69, 9.17) is 14.2 Å². The van der Waals surface area contributed by atoms with Crippen molar-refractivity contribution in [3.8, 4) is 17.2 Å². The van der Waals surface area contributed by atoms with Gasteiger partial charge >= 0.3 is 6.03 Å². The molecule has 1 aliphatic rings. The lowest BCUT2D eigenvalue weighted by Crippen LogP contribution is -2.54. The lowest BCUT2D eigenvalue weighted by molar-refractivity contribution is -0.122. The predicted molar refractivity (Wildman–Crippen MR) is 162 cm³/mol. The van der Waals surface area contributed by atoms with Crippen molar-refractivity contribution in [2.45, 2.75) is 20.1 Å². The molecule has 42 heavy (non-hydrogen) atoms. The Balaban J connectivity index is 1.36. The monoisotopic (exact) mass is 626 g/mol. The van der Waals surface area contributed by atoms with Gasteiger partial charge in [0.15, 0.2) is 0 Å². The van der Waals surface area contributed by atoms with Crippen LogP contribution in [0.4, 0.5) is 10.5 Å². The molecule has 5 rings (SSSR count). The van der Waals surface area contributed by atoms with Gasteiger partial charge in [-0.3, -0.25) is 14.9 Å². The number of aryl methyl sites for hydroxylation is 1. The Hall–Kier alpha value is -4.89. The van der Waals surface area contributed by atoms with Gasteiger partial charge < -0.3 is 14.2 Å². The second-order valence-electron chi connectivity index (χ2n) is 9.55. The van der Waals surface area contributed by atoms with Crippen molar-refractivity contribution in [3.05, 3.63) is 123 Å². The number of anilines is 1. The third-order valence-electron chi connectivity index (χ3n) is 6.51. The van der Waals surface area contributed by atoms with Gasteiger partial charge in [-0.15, -0.1) is 0 Å². The molecule has 0 radical (unpaired) electrons. The van der Waals surface area contributed by atoms with Crippen molar-refractivity contribution in [2.24, 2.45) is 0 Å². The zero-order valence-corrected chi connectivity index (χ0v) is 24.5. The van der Waals surface area contributed by atoms with Crippen molar-refractivity contribution < 1.29 is 28.6 Å². The van der Waals surface area contributed by atoms with E-state index in [1.807, 2.05) is 55.5 Å². The van der Waals surface area contributed by atoms with Crippen LogP contribution in [0.25, 0.3) is 6.08 Å². The van der Waals surface area contributed by atoms with Crippen LogP contribution in [0.1, 0.15) is 22.3 Å². The Labute approximate surface area is 251 Å². The molecule has 0 aromatic heterocycles. The van der Waals surface area contributed by atoms with Gasteiger partial charge in [-0.05, 0) is 72.7 Å². The minimum Gasteiger partial charge on any atom is -0.497 e. The molecule has 1 fully saturated rings. The summed E-state index contributed by atoms with van der Waals surface area (Å²) in [6.45, 7) is 2.62. The summed E-state index contributed by atoms with van der Waals surface area (Å²) in [5, 5.41) is 2.26. The number of hydrogen-bond donors (Lipinski definition) is 1. The fourth-order valence-electron chi connectivity index (χ4n) is 4.34. The van der Waals surface area contributed by atoms with E-state index in [0.29, 0.717) is 29.4 Å². The highest BCUT2D eigenvalue weighted by Crippen LogP contribution is 2.30. The molecule has 0 bridgehead atoms. The van der Waals surface area contributed by atoms with Crippen LogP contribution in [0, 0.1) is 6.92 Å². The number of rotatable bonds is 9. The zero-order chi connectivity index (χ0) is 29.6. The predicted octanol–water partition coefficient (Wildman–Crippen LogP) is 6.59. The summed E-state index contributed by atoms with van der Waals surface area (Å²) in [6.07, 6.45) is 1.41. The number of methoxy groups -OCH3 is 1. The SMILES string of the molecule is COc1ccc(/C=C2\C(=O)NC(=O)N(c3ccc(OCc4ccc(Br)cc4)cc3)C2=O)c(OCc2cccc(C)c2)c1. The summed E-state index contributed by atoms with van der Waals surface area (Å²) in [5.41, 5.74) is 3.61. The molecule has 0 unspecified atom stereocenters. The standard InChI is InChI=1S/C33H27BrN2O6/c1-21-4-3-5-23(16-21)20-42-30-18-28(40-2)13-8-24(30)17-29-31(37)35-33(39)36(32(29)38)26-11-14-27(15-12-26)41-19-22-6-9-25(34)10-7-22/h3-18H,19-20H2,1-2H3,(H,35,37,39)/b29-17+. The first kappa shape index (κ1) is 28.6. The average Bonchev–Trinajstić information content (AvgIpc) is 2.99. The number of carbonyl (C=O) groups excluding carboxylic acids is 3. The van der Waals surface area contributed by atoms with Crippen molar-refractivity contribution >= 4 is 45.5 Å². The fourth-order valence-corrected chi connectivity index (χ4v) is 4.60. The normalized spacial score (nSPS) is 14.1. The number of amides is 4. The van der Waals surface area contributed by atoms with Crippen molar-refractivity contribution in [3.63, 3.8) is 0 Å². The molecule has 0 aliphatic carbocycles. The molecule has 4 aromatic rings. The van der Waals surface area contributed by atoms with Crippen molar-refractivity contribution in [2.75, 3.05) is 12.0 Å². The van der Waals surface area contributed by atoms with Gasteiger partial charge in [0.05, 0.1) is 12.8 Å². The highest BCUT2D eigenvalue weighted by atomic mass is 79.9. The Bertz CT molecular complexity index is 1670. The molecule has 9 heteroatoms. The minimum absolute atomic E-state index is 0.212. The summed E-state index contributed by atoms with van der Waals surface area (Å²) in [5.74, 6) is -0.0226. The maximum Gasteiger partial charge on any atom is 0.335 e. The third kappa shape index (κ3) is 6.70. The van der Waals surface area contributed by atoms with Gasteiger partial charge in [-0.1, -0.05) is 57.9 Å². The number of halogens is 1. The number of nitrogens with zero attached hydrogens (tertiary/aromatic N) is 1. The van der Waals surface area contributed by atoms with E-state index >= 15 is 0 Å². The van der Waals surface area contributed by atoms with Crippen LogP contribution < -0.4 is 24.4 Å². The van der Waals surface area contributed by atoms with E-state index in [2.05, 4.69) is 21.2 Å². The number of hydrogen-bond acceptors (Lipinski definition) is 6. The van der Waals surface area contributed by atoms with Crippen LogP contribution in [0.3, 0.4) is 0 Å². The van der Waals surface area contributed by atoms with Crippen LogP contribution in [0.2, 0.25) is 0 Å². The molecule has 0 saturated carbocycles. The zero-order valence-electron chi connectivity index (χ0n) is 22.9. The highest BCUT2D eigenvalue weighted by molar-refractivity contribution is 9.10. The summed E-state index contributed by atoms with van der Waals surface area (Å²) < 4.78 is 18.2. The van der Waals surface area contributed by atoms with Crippen molar-refractivity contribution in [1.82, 2.24) is 5.32 Å². The van der Waals surface area contributed by atoms with Crippen LogP contribution in [-0.2, 0) is 22.8 Å². The second kappa shape index (κ2) is 12.7. The molecule has 0 spiro atoms. The molecule has 1 N–H and O–H groups in total.